The van der Waals surface area contributed by atoms with Gasteiger partial charge in [-0.3, -0.25) is 4.79 Å². The number of rotatable bonds is 6. The number of nitrogens with zero attached hydrogens (tertiary/aromatic N) is 1. The number of thioether (sulfide) groups is 1. The molecule has 1 atom stereocenters. The summed E-state index contributed by atoms with van der Waals surface area (Å²) >= 11 is 7.73. The van der Waals surface area contributed by atoms with Crippen LogP contribution >= 0.6 is 35.8 Å². The van der Waals surface area contributed by atoms with E-state index in [4.69, 9.17) is 11.6 Å². The van der Waals surface area contributed by atoms with Crippen LogP contribution in [0.5, 0.6) is 0 Å². The molecule has 1 N–H and O–H groups in total. The van der Waals surface area contributed by atoms with E-state index < -0.39 is 0 Å². The highest BCUT2D eigenvalue weighted by molar-refractivity contribution is 8.00. The van der Waals surface area contributed by atoms with E-state index in [0.717, 1.165) is 31.0 Å². The summed E-state index contributed by atoms with van der Waals surface area (Å²) < 4.78 is 0. The number of likely N-dealkylation sites (tertiary alicyclic amines) is 1. The van der Waals surface area contributed by atoms with Gasteiger partial charge in [-0.15, -0.1) is 24.2 Å². The van der Waals surface area contributed by atoms with Crippen molar-refractivity contribution in [3.8, 4) is 0 Å². The van der Waals surface area contributed by atoms with Crippen LogP contribution in [-0.2, 0) is 4.79 Å². The molecule has 0 aromatic heterocycles. The number of carbonyl (C=O) groups is 1. The van der Waals surface area contributed by atoms with E-state index in [1.807, 2.05) is 42.3 Å². The molecule has 3 rings (SSSR count). The van der Waals surface area contributed by atoms with E-state index in [2.05, 4.69) is 29.6 Å². The van der Waals surface area contributed by atoms with Crippen LogP contribution in [0.1, 0.15) is 29.2 Å². The zero-order valence-corrected chi connectivity index (χ0v) is 17.8. The van der Waals surface area contributed by atoms with Gasteiger partial charge in [0.2, 0.25) is 5.91 Å². The molecule has 0 saturated carbocycles. The lowest BCUT2D eigenvalue weighted by Gasteiger charge is -2.32. The van der Waals surface area contributed by atoms with Crippen molar-refractivity contribution in [2.45, 2.75) is 24.1 Å². The van der Waals surface area contributed by atoms with Gasteiger partial charge in [0.1, 0.15) is 0 Å². The first-order chi connectivity index (χ1) is 12.7. The zero-order chi connectivity index (χ0) is 18.4. The van der Waals surface area contributed by atoms with Crippen molar-refractivity contribution in [3.05, 3.63) is 70.7 Å². The Morgan fingerprint density at radius 1 is 1.11 bits per heavy atom. The maximum atomic E-state index is 12.7. The number of amides is 1. The third kappa shape index (κ3) is 6.15. The molecule has 27 heavy (non-hydrogen) atoms. The highest BCUT2D eigenvalue weighted by atomic mass is 35.5. The van der Waals surface area contributed by atoms with Crippen LogP contribution in [0.25, 0.3) is 0 Å². The number of halogens is 2. The Morgan fingerprint density at radius 2 is 1.70 bits per heavy atom. The molecule has 1 saturated heterocycles. The quantitative estimate of drug-likeness (QED) is 0.722. The van der Waals surface area contributed by atoms with Crippen LogP contribution < -0.4 is 5.32 Å². The van der Waals surface area contributed by atoms with Crippen molar-refractivity contribution in [1.29, 1.82) is 0 Å². The number of benzene rings is 2. The molecule has 1 heterocycles. The Hall–Kier alpha value is -1.20. The van der Waals surface area contributed by atoms with Crippen LogP contribution in [0.2, 0.25) is 5.02 Å². The van der Waals surface area contributed by atoms with Crippen LogP contribution in [0, 0.1) is 0 Å². The minimum Gasteiger partial charge on any atom is -0.342 e. The van der Waals surface area contributed by atoms with Gasteiger partial charge in [0.15, 0.2) is 0 Å². The fraction of sp³-hybridized carbons (Fsp3) is 0.381. The molecule has 0 spiro atoms. The molecule has 2 aromatic rings. The second kappa shape index (κ2) is 11.0. The summed E-state index contributed by atoms with van der Waals surface area (Å²) in [6.07, 6.45) is 2.07. The highest BCUT2D eigenvalue weighted by Gasteiger charge is 2.23. The summed E-state index contributed by atoms with van der Waals surface area (Å²) in [5, 5.41) is 4.17. The van der Waals surface area contributed by atoms with Crippen LogP contribution in [0.4, 0.5) is 0 Å². The molecule has 6 heteroatoms. The zero-order valence-electron chi connectivity index (χ0n) is 15.4. The SMILES string of the molecule is CNC1CCN(C(=O)CSC(c2ccccc2)c2ccc(Cl)cc2)CC1.Cl. The molecule has 146 valence electrons. The van der Waals surface area contributed by atoms with Gasteiger partial charge < -0.3 is 10.2 Å². The minimum atomic E-state index is 0. The van der Waals surface area contributed by atoms with Gasteiger partial charge in [-0.1, -0.05) is 54.1 Å². The Balaban J connectivity index is 0.00000261. The first-order valence-corrected chi connectivity index (χ1v) is 10.5. The number of hydrogen-bond acceptors (Lipinski definition) is 3. The lowest BCUT2D eigenvalue weighted by atomic mass is 10.0. The maximum Gasteiger partial charge on any atom is 0.232 e. The molecule has 0 aliphatic carbocycles. The average Bonchev–Trinajstić information content (AvgIpc) is 2.70. The van der Waals surface area contributed by atoms with Crippen molar-refractivity contribution < 1.29 is 4.79 Å². The third-order valence-corrected chi connectivity index (χ3v) is 6.45. The molecular formula is C21H26Cl2N2OS. The Kier molecular flexibility index (Phi) is 8.97. The Morgan fingerprint density at radius 3 is 2.30 bits per heavy atom. The van der Waals surface area contributed by atoms with Gasteiger partial charge in [0, 0.05) is 24.2 Å². The lowest BCUT2D eigenvalue weighted by Crippen LogP contribution is -2.44. The van der Waals surface area contributed by atoms with Crippen molar-refractivity contribution in [1.82, 2.24) is 10.2 Å². The number of nitrogens with one attached hydrogen (secondary N) is 1. The fourth-order valence-electron chi connectivity index (χ4n) is 3.31. The van der Waals surface area contributed by atoms with E-state index in [9.17, 15) is 4.79 Å². The molecule has 1 fully saturated rings. The monoisotopic (exact) mass is 424 g/mol. The van der Waals surface area contributed by atoms with E-state index >= 15 is 0 Å². The van der Waals surface area contributed by atoms with Gasteiger partial charge in [-0.2, -0.15) is 0 Å². The fourth-order valence-corrected chi connectivity index (χ4v) is 4.63. The molecule has 3 nitrogen and oxygen atoms in total. The molecule has 1 unspecified atom stereocenters. The summed E-state index contributed by atoms with van der Waals surface area (Å²) in [6.45, 7) is 1.70. The Bertz CT molecular complexity index is 704. The average molecular weight is 425 g/mol. The summed E-state index contributed by atoms with van der Waals surface area (Å²) in [4.78, 5) is 14.7. The minimum absolute atomic E-state index is 0. The van der Waals surface area contributed by atoms with Gasteiger partial charge in [-0.05, 0) is 43.1 Å². The molecule has 0 radical (unpaired) electrons. The number of hydrogen-bond donors (Lipinski definition) is 1. The van der Waals surface area contributed by atoms with Crippen molar-refractivity contribution in [3.63, 3.8) is 0 Å². The second-order valence-electron chi connectivity index (χ2n) is 6.60. The summed E-state index contributed by atoms with van der Waals surface area (Å²) in [6, 6.07) is 18.8. The Labute approximate surface area is 177 Å². The topological polar surface area (TPSA) is 32.3 Å². The van der Waals surface area contributed by atoms with Crippen LogP contribution in [0.15, 0.2) is 54.6 Å². The maximum absolute atomic E-state index is 12.7. The predicted molar refractivity (Wildman–Crippen MR) is 118 cm³/mol. The summed E-state index contributed by atoms with van der Waals surface area (Å²) in [7, 11) is 1.99. The smallest absolute Gasteiger partial charge is 0.232 e. The largest absolute Gasteiger partial charge is 0.342 e. The van der Waals surface area contributed by atoms with Crippen LogP contribution in [-0.4, -0.2) is 42.7 Å². The van der Waals surface area contributed by atoms with E-state index in [0.29, 0.717) is 11.8 Å². The summed E-state index contributed by atoms with van der Waals surface area (Å²) in [5.74, 6) is 0.728. The van der Waals surface area contributed by atoms with E-state index in [-0.39, 0.29) is 23.6 Å². The van der Waals surface area contributed by atoms with Crippen molar-refractivity contribution in [2.75, 3.05) is 25.9 Å². The summed E-state index contributed by atoms with van der Waals surface area (Å²) in [5.41, 5.74) is 2.38. The molecule has 0 bridgehead atoms. The number of carbonyl (C=O) groups excluding carboxylic acids is 1. The van der Waals surface area contributed by atoms with Crippen molar-refractivity contribution >= 4 is 41.7 Å². The van der Waals surface area contributed by atoms with Gasteiger partial charge in [-0.25, -0.2) is 0 Å². The molecule has 1 aliphatic rings. The second-order valence-corrected chi connectivity index (χ2v) is 8.13. The normalized spacial score (nSPS) is 15.9. The van der Waals surface area contributed by atoms with E-state index in [1.54, 1.807) is 11.8 Å². The number of piperidine rings is 1. The third-order valence-electron chi connectivity index (χ3n) is 4.90. The highest BCUT2D eigenvalue weighted by Crippen LogP contribution is 2.36. The molecular weight excluding hydrogens is 399 g/mol. The molecule has 1 aliphatic heterocycles. The van der Waals surface area contributed by atoms with Gasteiger partial charge in [0.05, 0.1) is 11.0 Å². The molecule has 2 aromatic carbocycles. The molecule has 1 amide bonds. The first-order valence-electron chi connectivity index (χ1n) is 9.04. The first kappa shape index (κ1) is 22.1. The predicted octanol–water partition coefficient (Wildman–Crippen LogP) is 4.79. The van der Waals surface area contributed by atoms with Gasteiger partial charge >= 0.3 is 0 Å². The lowest BCUT2D eigenvalue weighted by molar-refractivity contribution is -0.129. The standard InChI is InChI=1S/C21H25ClN2OS.ClH/c1-23-19-11-13-24(14-12-19)20(25)15-26-21(16-5-3-2-4-6-16)17-7-9-18(22)10-8-17;/h2-10,19,21,23H,11-15H2,1H3;1H. The van der Waals surface area contributed by atoms with E-state index in [1.165, 1.54) is 11.1 Å². The van der Waals surface area contributed by atoms with Crippen molar-refractivity contribution in [2.24, 2.45) is 0 Å². The van der Waals surface area contributed by atoms with Crippen LogP contribution in [0.3, 0.4) is 0 Å². The van der Waals surface area contributed by atoms with Gasteiger partial charge in [0.25, 0.3) is 0 Å².